The number of imidazole rings is 1. The van der Waals surface area contributed by atoms with Gasteiger partial charge in [-0.25, -0.2) is 9.67 Å². The fraction of sp³-hybridized carbons (Fsp3) is 0.104. The van der Waals surface area contributed by atoms with Crippen LogP contribution < -0.4 is 0 Å². The van der Waals surface area contributed by atoms with Crippen molar-refractivity contribution in [1.29, 1.82) is 0 Å². The van der Waals surface area contributed by atoms with Gasteiger partial charge >= 0.3 is 0 Å². The van der Waals surface area contributed by atoms with E-state index in [0.717, 1.165) is 74.3 Å². The minimum atomic E-state index is -0.857. The lowest BCUT2D eigenvalue weighted by molar-refractivity contribution is 0.451. The van der Waals surface area contributed by atoms with Gasteiger partial charge in [-0.3, -0.25) is 4.98 Å². The highest BCUT2D eigenvalue weighted by Gasteiger charge is 2.42. The molecule has 0 aliphatic carbocycles. The summed E-state index contributed by atoms with van der Waals surface area (Å²) in [4.78, 5) is 9.73. The lowest BCUT2D eigenvalue weighted by Gasteiger charge is -2.36. The Morgan fingerprint density at radius 2 is 1.20 bits per heavy atom. The van der Waals surface area contributed by atoms with Crippen LogP contribution in [0.1, 0.15) is 41.4 Å². The van der Waals surface area contributed by atoms with Gasteiger partial charge in [-0.15, -0.1) is 5.10 Å². The third-order valence-corrected chi connectivity index (χ3v) is 10.8. The van der Waals surface area contributed by atoms with Gasteiger partial charge in [0.2, 0.25) is 0 Å². The average Bonchev–Trinajstić information content (AvgIpc) is 3.88. The van der Waals surface area contributed by atoms with Crippen LogP contribution in [0.15, 0.2) is 176 Å². The molecule has 0 saturated carbocycles. The average molecular weight is 748 g/mol. The van der Waals surface area contributed by atoms with Crippen molar-refractivity contribution in [2.24, 2.45) is 0 Å². The number of benzene rings is 6. The molecular weight excluding hydrogens is 710 g/mol. The smallest absolute Gasteiger partial charge is 0.184 e. The summed E-state index contributed by atoms with van der Waals surface area (Å²) in [6, 6.07) is 58.6. The molecule has 7 nitrogen and oxygen atoms in total. The molecule has 3 heterocycles. The van der Waals surface area contributed by atoms with Crippen molar-refractivity contribution >= 4 is 22.6 Å². The van der Waals surface area contributed by atoms with E-state index in [0.29, 0.717) is 17.4 Å². The Hall–Kier alpha value is -6.70. The van der Waals surface area contributed by atoms with Crippen LogP contribution in [0.5, 0.6) is 0 Å². The standard InChI is InChI=1S/C48H38ClN7/c1-2-16-46-51-44-32-50-43(41-25-14-15-26-42(41)49)31-45(44)55(46)33-34-27-29-35(30-28-34)39-23-12-13-24-40(39)47-52-53-54-56(47)48(36-17-6-3-7-18-36,37-19-8-4-9-20-37)38-21-10-5-11-22-38/h3-15,17-32H,2,16,33H2,1H3. The van der Waals surface area contributed by atoms with Crippen LogP contribution in [0.4, 0.5) is 0 Å². The molecule has 0 radical (unpaired) electrons. The molecule has 6 aromatic carbocycles. The number of pyridine rings is 1. The summed E-state index contributed by atoms with van der Waals surface area (Å²) in [6.45, 7) is 2.86. The number of aromatic nitrogens is 7. The second-order valence-corrected chi connectivity index (χ2v) is 14.3. The highest BCUT2D eigenvalue weighted by atomic mass is 35.5. The minimum absolute atomic E-state index is 0.665. The van der Waals surface area contributed by atoms with E-state index < -0.39 is 5.54 Å². The number of halogens is 1. The number of fused-ring (bicyclic) bond motifs is 1. The molecule has 0 aliphatic heterocycles. The zero-order chi connectivity index (χ0) is 37.9. The number of hydrogen-bond acceptors (Lipinski definition) is 5. The normalized spacial score (nSPS) is 11.6. The Morgan fingerprint density at radius 3 is 1.80 bits per heavy atom. The van der Waals surface area contributed by atoms with Crippen LogP contribution in [0.25, 0.3) is 44.8 Å². The van der Waals surface area contributed by atoms with Gasteiger partial charge in [0, 0.05) is 29.1 Å². The number of aryl methyl sites for hydroxylation is 1. The topological polar surface area (TPSA) is 74.3 Å². The second kappa shape index (κ2) is 15.2. The van der Waals surface area contributed by atoms with Crippen LogP contribution in [0, 0.1) is 0 Å². The molecular formula is C48H38ClN7. The largest absolute Gasteiger partial charge is 0.323 e. The molecule has 0 amide bonds. The molecule has 0 N–H and O–H groups in total. The second-order valence-electron chi connectivity index (χ2n) is 13.9. The van der Waals surface area contributed by atoms with Crippen LogP contribution in [0.3, 0.4) is 0 Å². The predicted molar refractivity (Wildman–Crippen MR) is 224 cm³/mol. The Bertz CT molecular complexity index is 2650. The molecule has 9 rings (SSSR count). The maximum absolute atomic E-state index is 6.58. The van der Waals surface area contributed by atoms with E-state index in [9.17, 15) is 0 Å². The molecule has 0 fully saturated rings. The third kappa shape index (κ3) is 6.26. The first-order chi connectivity index (χ1) is 27.6. The molecule has 56 heavy (non-hydrogen) atoms. The Kier molecular flexibility index (Phi) is 9.51. The van der Waals surface area contributed by atoms with Crippen LogP contribution in [-0.4, -0.2) is 34.7 Å². The monoisotopic (exact) mass is 747 g/mol. The summed E-state index contributed by atoms with van der Waals surface area (Å²) in [5, 5.41) is 14.6. The SMILES string of the molecule is CCCc1nc2cnc(-c3ccccc3Cl)cc2n1Cc1ccc(-c2ccccc2-c2nnnn2C(c2ccccc2)(c2ccccc2)c2ccccc2)cc1. The van der Waals surface area contributed by atoms with E-state index in [2.05, 4.69) is 138 Å². The highest BCUT2D eigenvalue weighted by Crippen LogP contribution is 2.43. The summed E-state index contributed by atoms with van der Waals surface area (Å²) in [6.07, 6.45) is 3.72. The fourth-order valence-electron chi connectivity index (χ4n) is 7.87. The first kappa shape index (κ1) is 35.0. The Balaban J connectivity index is 1.12. The molecule has 9 aromatic rings. The zero-order valence-electron chi connectivity index (χ0n) is 30.9. The molecule has 0 saturated heterocycles. The van der Waals surface area contributed by atoms with Gasteiger partial charge in [-0.1, -0.05) is 176 Å². The molecule has 0 aliphatic rings. The summed E-state index contributed by atoms with van der Waals surface area (Å²) in [5.41, 5.74) is 10.2. The lowest BCUT2D eigenvalue weighted by atomic mass is 9.77. The molecule has 0 bridgehead atoms. The fourth-order valence-corrected chi connectivity index (χ4v) is 8.11. The van der Waals surface area contributed by atoms with E-state index in [4.69, 9.17) is 31.9 Å². The van der Waals surface area contributed by atoms with Crippen LogP contribution in [-0.2, 0) is 18.5 Å². The van der Waals surface area contributed by atoms with Gasteiger partial charge in [-0.2, -0.15) is 0 Å². The van der Waals surface area contributed by atoms with Gasteiger partial charge in [0.15, 0.2) is 5.82 Å². The highest BCUT2D eigenvalue weighted by molar-refractivity contribution is 6.33. The maximum atomic E-state index is 6.58. The van der Waals surface area contributed by atoms with E-state index in [1.807, 2.05) is 59.4 Å². The van der Waals surface area contributed by atoms with Gasteiger partial charge in [0.05, 0.1) is 17.4 Å². The van der Waals surface area contributed by atoms with Gasteiger partial charge in [-0.05, 0) is 62.4 Å². The molecule has 8 heteroatoms. The van der Waals surface area contributed by atoms with E-state index in [1.54, 1.807) is 0 Å². The first-order valence-corrected chi connectivity index (χ1v) is 19.3. The zero-order valence-corrected chi connectivity index (χ0v) is 31.6. The van der Waals surface area contributed by atoms with Crippen molar-refractivity contribution in [1.82, 2.24) is 34.7 Å². The van der Waals surface area contributed by atoms with Gasteiger partial charge in [0.25, 0.3) is 0 Å². The minimum Gasteiger partial charge on any atom is -0.323 e. The molecule has 0 spiro atoms. The summed E-state index contributed by atoms with van der Waals surface area (Å²) in [7, 11) is 0. The van der Waals surface area contributed by atoms with Crippen LogP contribution in [0.2, 0.25) is 5.02 Å². The van der Waals surface area contributed by atoms with Crippen molar-refractivity contribution < 1.29 is 0 Å². The quantitative estimate of drug-likeness (QED) is 0.123. The van der Waals surface area contributed by atoms with E-state index in [-0.39, 0.29) is 0 Å². The van der Waals surface area contributed by atoms with Crippen molar-refractivity contribution in [3.05, 3.63) is 209 Å². The van der Waals surface area contributed by atoms with Crippen molar-refractivity contribution in [2.75, 3.05) is 0 Å². The van der Waals surface area contributed by atoms with E-state index >= 15 is 0 Å². The maximum Gasteiger partial charge on any atom is 0.184 e. The van der Waals surface area contributed by atoms with Crippen molar-refractivity contribution in [2.45, 2.75) is 31.8 Å². The summed E-state index contributed by atoms with van der Waals surface area (Å²) >= 11 is 6.58. The van der Waals surface area contributed by atoms with Crippen molar-refractivity contribution in [3.8, 4) is 33.8 Å². The van der Waals surface area contributed by atoms with Crippen LogP contribution >= 0.6 is 11.6 Å². The first-order valence-electron chi connectivity index (χ1n) is 18.9. The predicted octanol–water partition coefficient (Wildman–Crippen LogP) is 10.9. The number of hydrogen-bond donors (Lipinski definition) is 0. The third-order valence-electron chi connectivity index (χ3n) is 10.5. The number of tetrazole rings is 1. The van der Waals surface area contributed by atoms with Gasteiger partial charge in [0.1, 0.15) is 16.9 Å². The Labute approximate surface area is 330 Å². The lowest BCUT2D eigenvalue weighted by Crippen LogP contribution is -2.39. The molecule has 0 unspecified atom stereocenters. The number of nitrogens with zero attached hydrogens (tertiary/aromatic N) is 7. The number of rotatable bonds is 11. The van der Waals surface area contributed by atoms with Crippen molar-refractivity contribution in [3.63, 3.8) is 0 Å². The summed E-state index contributed by atoms with van der Waals surface area (Å²) < 4.78 is 4.31. The summed E-state index contributed by atoms with van der Waals surface area (Å²) in [5.74, 6) is 1.71. The molecule has 0 atom stereocenters. The Morgan fingerprint density at radius 1 is 0.625 bits per heavy atom. The van der Waals surface area contributed by atoms with Gasteiger partial charge < -0.3 is 4.57 Å². The van der Waals surface area contributed by atoms with E-state index in [1.165, 1.54) is 5.56 Å². The molecule has 272 valence electrons. The molecule has 3 aromatic heterocycles.